The van der Waals surface area contributed by atoms with Crippen LogP contribution >= 0.6 is 0 Å². The van der Waals surface area contributed by atoms with Gasteiger partial charge in [0.1, 0.15) is 0 Å². The molecule has 1 saturated carbocycles. The molecule has 6 nitrogen and oxygen atoms in total. The first-order valence-corrected chi connectivity index (χ1v) is 5.77. The van der Waals surface area contributed by atoms with Crippen molar-refractivity contribution in [3.63, 3.8) is 0 Å². The fourth-order valence-electron chi connectivity index (χ4n) is 2.15. The maximum absolute atomic E-state index is 11.0. The first-order chi connectivity index (χ1) is 7.95. The van der Waals surface area contributed by atoms with Crippen LogP contribution in [0.25, 0.3) is 0 Å². The van der Waals surface area contributed by atoms with E-state index < -0.39 is 11.8 Å². The largest absolute Gasteiger partial charge is 0.378 e. The number of ether oxygens (including phenoxy) is 1. The van der Waals surface area contributed by atoms with Gasteiger partial charge in [-0.2, -0.15) is 0 Å². The van der Waals surface area contributed by atoms with Gasteiger partial charge < -0.3 is 4.74 Å². The minimum atomic E-state index is -0.651. The molecule has 0 aromatic rings. The molecule has 2 amide bonds. The Labute approximate surface area is 99.8 Å². The molecule has 17 heavy (non-hydrogen) atoms. The summed E-state index contributed by atoms with van der Waals surface area (Å²) in [6.45, 7) is 6.80. The molecule has 0 spiro atoms. The Morgan fingerprint density at radius 1 is 1.35 bits per heavy atom. The zero-order valence-corrected chi connectivity index (χ0v) is 10.2. The summed E-state index contributed by atoms with van der Waals surface area (Å²) >= 11 is 0. The highest BCUT2D eigenvalue weighted by Crippen LogP contribution is 2.44. The third-order valence-corrected chi connectivity index (χ3v) is 3.45. The van der Waals surface area contributed by atoms with E-state index >= 15 is 0 Å². The molecule has 2 N–H and O–H groups in total. The summed E-state index contributed by atoms with van der Waals surface area (Å²) in [5, 5.41) is 4.79. The molecule has 0 bridgehead atoms. The van der Waals surface area contributed by atoms with Crippen LogP contribution in [0.5, 0.6) is 0 Å². The summed E-state index contributed by atoms with van der Waals surface area (Å²) in [6.07, 6.45) is 1.01. The second kappa shape index (κ2) is 4.10. The number of hydrogen-bond acceptors (Lipinski definition) is 4. The van der Waals surface area contributed by atoms with E-state index in [9.17, 15) is 9.59 Å². The van der Waals surface area contributed by atoms with E-state index in [0.717, 1.165) is 6.42 Å². The van der Waals surface area contributed by atoms with E-state index in [0.29, 0.717) is 6.61 Å². The van der Waals surface area contributed by atoms with Gasteiger partial charge in [0.15, 0.2) is 0 Å². The van der Waals surface area contributed by atoms with Crippen LogP contribution in [0.4, 0.5) is 0 Å². The highest BCUT2D eigenvalue weighted by molar-refractivity contribution is 6.45. The monoisotopic (exact) mass is 239 g/mol. The lowest BCUT2D eigenvalue weighted by atomic mass is 9.65. The van der Waals surface area contributed by atoms with Crippen LogP contribution in [0, 0.1) is 5.41 Å². The van der Waals surface area contributed by atoms with E-state index in [4.69, 9.17) is 4.74 Å². The molecule has 0 radical (unpaired) electrons. The minimum absolute atomic E-state index is 0.0627. The molecular formula is C11H17N3O3. The highest BCUT2D eigenvalue weighted by Gasteiger charge is 2.49. The Hall–Kier alpha value is -1.43. The van der Waals surface area contributed by atoms with Crippen LogP contribution < -0.4 is 10.6 Å². The average molecular weight is 239 g/mol. The summed E-state index contributed by atoms with van der Waals surface area (Å²) in [5.41, 5.74) is -0.0684. The lowest BCUT2D eigenvalue weighted by Gasteiger charge is -2.49. The molecule has 0 aromatic heterocycles. The van der Waals surface area contributed by atoms with Crippen molar-refractivity contribution in [1.29, 1.82) is 0 Å². The number of aliphatic imine (C=N–C) groups is 1. The predicted octanol–water partition coefficient (Wildman–Crippen LogP) is -0.208. The van der Waals surface area contributed by atoms with Crippen LogP contribution in [0.15, 0.2) is 4.99 Å². The number of rotatable bonds is 3. The summed E-state index contributed by atoms with van der Waals surface area (Å²) in [5.74, 6) is -1.04. The van der Waals surface area contributed by atoms with Gasteiger partial charge in [-0.15, -0.1) is 0 Å². The Morgan fingerprint density at radius 3 is 2.41 bits per heavy atom. The standard InChI is InChI=1S/C11H17N3O3/c1-4-17-7-5-6(11(7,2)3)12-10-13-8(15)9(16)14-10/h6-7H,4-5H2,1-3H3,(H2,12,13,14,15,16). The molecule has 2 rings (SSSR count). The van der Waals surface area contributed by atoms with Crippen molar-refractivity contribution in [2.45, 2.75) is 39.3 Å². The average Bonchev–Trinajstić information content (AvgIpc) is 2.57. The van der Waals surface area contributed by atoms with Gasteiger partial charge in [-0.1, -0.05) is 13.8 Å². The van der Waals surface area contributed by atoms with E-state index in [2.05, 4.69) is 29.5 Å². The van der Waals surface area contributed by atoms with Gasteiger partial charge >= 0.3 is 11.8 Å². The zero-order valence-electron chi connectivity index (χ0n) is 10.2. The molecule has 6 heteroatoms. The smallest absolute Gasteiger partial charge is 0.316 e. The molecule has 1 aliphatic carbocycles. The number of carbonyl (C=O) groups excluding carboxylic acids is 2. The number of guanidine groups is 1. The number of hydrogen-bond donors (Lipinski definition) is 2. The predicted molar refractivity (Wildman–Crippen MR) is 61.3 cm³/mol. The molecular weight excluding hydrogens is 222 g/mol. The van der Waals surface area contributed by atoms with Crippen LogP contribution in [-0.2, 0) is 14.3 Å². The second-order valence-electron chi connectivity index (χ2n) is 4.90. The maximum Gasteiger partial charge on any atom is 0.316 e. The molecule has 2 fully saturated rings. The molecule has 94 valence electrons. The third-order valence-electron chi connectivity index (χ3n) is 3.45. The SMILES string of the molecule is CCOC1CC(N=C2NC(=O)C(=O)N2)C1(C)C. The van der Waals surface area contributed by atoms with Gasteiger partial charge in [0.25, 0.3) is 0 Å². The van der Waals surface area contributed by atoms with Crippen LogP contribution in [-0.4, -0.2) is 36.5 Å². The number of carbonyl (C=O) groups is 2. The molecule has 2 atom stereocenters. The second-order valence-corrected chi connectivity index (χ2v) is 4.90. The Morgan fingerprint density at radius 2 is 1.94 bits per heavy atom. The van der Waals surface area contributed by atoms with Gasteiger partial charge in [0, 0.05) is 12.0 Å². The third kappa shape index (κ3) is 2.04. The minimum Gasteiger partial charge on any atom is -0.378 e. The lowest BCUT2D eigenvalue weighted by molar-refractivity contribution is -0.135. The molecule has 1 aliphatic heterocycles. The van der Waals surface area contributed by atoms with Gasteiger partial charge in [0.05, 0.1) is 12.1 Å². The molecule has 1 saturated heterocycles. The first kappa shape index (κ1) is 12.0. The number of nitrogens with zero attached hydrogens (tertiary/aromatic N) is 1. The lowest BCUT2D eigenvalue weighted by Crippen LogP contribution is -2.54. The molecule has 2 aliphatic rings. The Bertz CT molecular complexity index is 371. The Balaban J connectivity index is 2.00. The molecule has 1 heterocycles. The van der Waals surface area contributed by atoms with Crippen LogP contribution in [0.2, 0.25) is 0 Å². The van der Waals surface area contributed by atoms with Gasteiger partial charge in [-0.25, -0.2) is 4.99 Å². The van der Waals surface area contributed by atoms with E-state index in [-0.39, 0.29) is 23.5 Å². The summed E-state index contributed by atoms with van der Waals surface area (Å²) < 4.78 is 5.59. The van der Waals surface area contributed by atoms with Crippen LogP contribution in [0.3, 0.4) is 0 Å². The topological polar surface area (TPSA) is 79.8 Å². The summed E-state index contributed by atoms with van der Waals surface area (Å²) in [6, 6.07) is 0.0627. The van der Waals surface area contributed by atoms with Crippen molar-refractivity contribution in [3.8, 4) is 0 Å². The van der Waals surface area contributed by atoms with Crippen LogP contribution in [0.1, 0.15) is 27.2 Å². The maximum atomic E-state index is 11.0. The van der Waals surface area contributed by atoms with Gasteiger partial charge in [0.2, 0.25) is 5.96 Å². The van der Waals surface area contributed by atoms with Crippen molar-refractivity contribution in [2.24, 2.45) is 10.4 Å². The van der Waals surface area contributed by atoms with Gasteiger partial charge in [-0.3, -0.25) is 20.2 Å². The van der Waals surface area contributed by atoms with Crippen molar-refractivity contribution >= 4 is 17.8 Å². The molecule has 2 unspecified atom stereocenters. The van der Waals surface area contributed by atoms with Crippen molar-refractivity contribution < 1.29 is 14.3 Å². The fourth-order valence-corrected chi connectivity index (χ4v) is 2.15. The molecule has 0 aromatic carbocycles. The van der Waals surface area contributed by atoms with Crippen molar-refractivity contribution in [2.75, 3.05) is 6.61 Å². The van der Waals surface area contributed by atoms with Crippen molar-refractivity contribution in [3.05, 3.63) is 0 Å². The number of amides is 2. The van der Waals surface area contributed by atoms with E-state index in [1.807, 2.05) is 6.92 Å². The fraction of sp³-hybridized carbons (Fsp3) is 0.727. The van der Waals surface area contributed by atoms with E-state index in [1.54, 1.807) is 0 Å². The first-order valence-electron chi connectivity index (χ1n) is 5.77. The Kier molecular flexibility index (Phi) is 2.91. The highest BCUT2D eigenvalue weighted by atomic mass is 16.5. The zero-order chi connectivity index (χ0) is 12.6. The van der Waals surface area contributed by atoms with E-state index in [1.165, 1.54) is 0 Å². The summed E-state index contributed by atoms with van der Waals surface area (Å²) in [7, 11) is 0. The van der Waals surface area contributed by atoms with Gasteiger partial charge in [-0.05, 0) is 13.3 Å². The normalized spacial score (nSPS) is 30.6. The number of nitrogens with one attached hydrogen (secondary N) is 2. The quantitative estimate of drug-likeness (QED) is 0.669. The van der Waals surface area contributed by atoms with Crippen molar-refractivity contribution in [1.82, 2.24) is 10.6 Å². The summed E-state index contributed by atoms with van der Waals surface area (Å²) in [4.78, 5) is 26.3.